The third kappa shape index (κ3) is 2.70. The van der Waals surface area contributed by atoms with Gasteiger partial charge in [0.1, 0.15) is 6.29 Å². The van der Waals surface area contributed by atoms with E-state index in [9.17, 15) is 9.59 Å². The Morgan fingerprint density at radius 1 is 1.64 bits per heavy atom. The number of aliphatic carboxylic acids is 1. The minimum atomic E-state index is -0.850. The Morgan fingerprint density at radius 2 is 2.09 bits per heavy atom. The highest BCUT2D eigenvalue weighted by molar-refractivity contribution is 5.71. The predicted octanol–water partition coefficient (Wildman–Crippen LogP) is 1.32. The molecule has 0 radical (unpaired) electrons. The second-order valence-corrected chi connectivity index (χ2v) is 3.42. The number of carboxylic acids is 1. The van der Waals surface area contributed by atoms with Gasteiger partial charge in [-0.15, -0.1) is 0 Å². The van der Waals surface area contributed by atoms with Crippen molar-refractivity contribution in [3.05, 3.63) is 0 Å². The molecule has 0 aromatic rings. The van der Waals surface area contributed by atoms with Crippen LogP contribution in [0.1, 0.15) is 27.2 Å². The number of carboxylic acid groups (broad SMARTS) is 1. The highest BCUT2D eigenvalue weighted by Crippen LogP contribution is 2.29. The molecule has 0 aromatic heterocycles. The topological polar surface area (TPSA) is 54.4 Å². The molecule has 1 unspecified atom stereocenters. The van der Waals surface area contributed by atoms with E-state index in [1.54, 1.807) is 20.8 Å². The standard InChI is InChI=1S/C8H14O3/c1-6(7(10)11)8(2,3)4-5-9/h5-6H,4H2,1-3H3,(H,10,11). The average Bonchev–Trinajstić information content (AvgIpc) is 1.86. The second-order valence-electron chi connectivity index (χ2n) is 3.42. The molecule has 1 atom stereocenters. The average molecular weight is 158 g/mol. The van der Waals surface area contributed by atoms with E-state index in [-0.39, 0.29) is 0 Å². The fourth-order valence-corrected chi connectivity index (χ4v) is 0.726. The Morgan fingerprint density at radius 3 is 2.36 bits per heavy atom. The molecule has 0 spiro atoms. The van der Waals surface area contributed by atoms with Gasteiger partial charge in [0.2, 0.25) is 0 Å². The Labute approximate surface area is 66.4 Å². The fraction of sp³-hybridized carbons (Fsp3) is 0.750. The first kappa shape index (κ1) is 10.1. The fourth-order valence-electron chi connectivity index (χ4n) is 0.726. The molecule has 0 heterocycles. The van der Waals surface area contributed by atoms with Gasteiger partial charge < -0.3 is 9.90 Å². The summed E-state index contributed by atoms with van der Waals surface area (Å²) in [5, 5.41) is 8.63. The van der Waals surface area contributed by atoms with Crippen molar-refractivity contribution in [1.82, 2.24) is 0 Å². The van der Waals surface area contributed by atoms with Gasteiger partial charge in [-0.25, -0.2) is 0 Å². The summed E-state index contributed by atoms with van der Waals surface area (Å²) in [6.07, 6.45) is 1.06. The van der Waals surface area contributed by atoms with E-state index in [4.69, 9.17) is 5.11 Å². The maximum Gasteiger partial charge on any atom is 0.306 e. The zero-order valence-electron chi connectivity index (χ0n) is 7.13. The van der Waals surface area contributed by atoms with Gasteiger partial charge in [-0.05, 0) is 5.41 Å². The highest BCUT2D eigenvalue weighted by Gasteiger charge is 2.30. The van der Waals surface area contributed by atoms with Crippen LogP contribution in [0.3, 0.4) is 0 Å². The van der Waals surface area contributed by atoms with Crippen LogP contribution in [0.5, 0.6) is 0 Å². The largest absolute Gasteiger partial charge is 0.481 e. The van der Waals surface area contributed by atoms with Crippen LogP contribution in [-0.2, 0) is 9.59 Å². The number of rotatable bonds is 4. The van der Waals surface area contributed by atoms with E-state index < -0.39 is 17.3 Å². The predicted molar refractivity (Wildman–Crippen MR) is 41.3 cm³/mol. The molecule has 0 aromatic carbocycles. The Bertz CT molecular complexity index is 161. The lowest BCUT2D eigenvalue weighted by molar-refractivity contribution is -0.145. The van der Waals surface area contributed by atoms with Crippen molar-refractivity contribution in [2.45, 2.75) is 27.2 Å². The van der Waals surface area contributed by atoms with Crippen LogP contribution in [0, 0.1) is 11.3 Å². The minimum Gasteiger partial charge on any atom is -0.481 e. The van der Waals surface area contributed by atoms with Crippen molar-refractivity contribution >= 4 is 12.3 Å². The molecule has 0 aliphatic heterocycles. The summed E-state index contributed by atoms with van der Waals surface area (Å²) in [6.45, 7) is 5.17. The van der Waals surface area contributed by atoms with Gasteiger partial charge in [0.05, 0.1) is 5.92 Å². The van der Waals surface area contributed by atoms with Crippen LogP contribution in [0.2, 0.25) is 0 Å². The molecule has 0 bridgehead atoms. The summed E-state index contributed by atoms with van der Waals surface area (Å²) < 4.78 is 0. The van der Waals surface area contributed by atoms with Gasteiger partial charge in [-0.1, -0.05) is 20.8 Å². The van der Waals surface area contributed by atoms with Crippen molar-refractivity contribution in [2.75, 3.05) is 0 Å². The monoisotopic (exact) mass is 158 g/mol. The van der Waals surface area contributed by atoms with Gasteiger partial charge in [0, 0.05) is 6.42 Å². The summed E-state index contributed by atoms with van der Waals surface area (Å²) in [6, 6.07) is 0. The smallest absolute Gasteiger partial charge is 0.306 e. The van der Waals surface area contributed by atoms with Crippen LogP contribution in [0.4, 0.5) is 0 Å². The maximum atomic E-state index is 10.5. The molecule has 64 valence electrons. The molecular weight excluding hydrogens is 144 g/mol. The Hall–Kier alpha value is -0.860. The van der Waals surface area contributed by atoms with Crippen LogP contribution < -0.4 is 0 Å². The van der Waals surface area contributed by atoms with Crippen molar-refractivity contribution < 1.29 is 14.7 Å². The van der Waals surface area contributed by atoms with Crippen LogP contribution in [-0.4, -0.2) is 17.4 Å². The van der Waals surface area contributed by atoms with E-state index in [0.29, 0.717) is 6.42 Å². The van der Waals surface area contributed by atoms with E-state index in [1.165, 1.54) is 0 Å². The number of hydrogen-bond acceptors (Lipinski definition) is 2. The van der Waals surface area contributed by atoms with Crippen LogP contribution in [0.25, 0.3) is 0 Å². The molecule has 0 amide bonds. The van der Waals surface area contributed by atoms with Gasteiger partial charge in [-0.3, -0.25) is 4.79 Å². The van der Waals surface area contributed by atoms with Gasteiger partial charge >= 0.3 is 5.97 Å². The molecule has 3 heteroatoms. The molecule has 0 saturated carbocycles. The van der Waals surface area contributed by atoms with E-state index in [2.05, 4.69) is 0 Å². The molecule has 0 saturated heterocycles. The van der Waals surface area contributed by atoms with Gasteiger partial charge in [-0.2, -0.15) is 0 Å². The minimum absolute atomic E-state index is 0.292. The molecule has 0 aliphatic rings. The zero-order valence-corrected chi connectivity index (χ0v) is 7.13. The number of carbonyl (C=O) groups excluding carboxylic acids is 1. The molecule has 0 fully saturated rings. The molecular formula is C8H14O3. The maximum absolute atomic E-state index is 10.5. The molecule has 11 heavy (non-hydrogen) atoms. The molecule has 0 aliphatic carbocycles. The lowest BCUT2D eigenvalue weighted by atomic mass is 9.78. The number of carbonyl (C=O) groups is 2. The Balaban J connectivity index is 4.27. The lowest BCUT2D eigenvalue weighted by Gasteiger charge is -2.26. The first-order valence-corrected chi connectivity index (χ1v) is 3.58. The van der Waals surface area contributed by atoms with Crippen molar-refractivity contribution in [2.24, 2.45) is 11.3 Å². The van der Waals surface area contributed by atoms with Crippen molar-refractivity contribution in [1.29, 1.82) is 0 Å². The second kappa shape index (κ2) is 3.51. The Kier molecular flexibility index (Phi) is 3.23. The van der Waals surface area contributed by atoms with Crippen molar-refractivity contribution in [3.63, 3.8) is 0 Å². The van der Waals surface area contributed by atoms with E-state index in [1.807, 2.05) is 0 Å². The molecule has 0 rings (SSSR count). The first-order chi connectivity index (χ1) is 4.91. The zero-order chi connectivity index (χ0) is 9.07. The summed E-state index contributed by atoms with van der Waals surface area (Å²) in [4.78, 5) is 20.7. The van der Waals surface area contributed by atoms with E-state index in [0.717, 1.165) is 6.29 Å². The van der Waals surface area contributed by atoms with Crippen LogP contribution in [0.15, 0.2) is 0 Å². The SMILES string of the molecule is CC(C(=O)O)C(C)(C)CC=O. The summed E-state index contributed by atoms with van der Waals surface area (Å²) >= 11 is 0. The lowest BCUT2D eigenvalue weighted by Crippen LogP contribution is -2.28. The molecule has 3 nitrogen and oxygen atoms in total. The summed E-state index contributed by atoms with van der Waals surface area (Å²) in [7, 11) is 0. The third-order valence-corrected chi connectivity index (χ3v) is 2.15. The number of aldehydes is 1. The highest BCUT2D eigenvalue weighted by atomic mass is 16.4. The van der Waals surface area contributed by atoms with Gasteiger partial charge in [0.25, 0.3) is 0 Å². The van der Waals surface area contributed by atoms with Crippen LogP contribution >= 0.6 is 0 Å². The third-order valence-electron chi connectivity index (χ3n) is 2.15. The van der Waals surface area contributed by atoms with Gasteiger partial charge in [0.15, 0.2) is 0 Å². The summed E-state index contributed by atoms with van der Waals surface area (Å²) in [5.41, 5.74) is -0.437. The molecule has 1 N–H and O–H groups in total. The van der Waals surface area contributed by atoms with E-state index >= 15 is 0 Å². The quantitative estimate of drug-likeness (QED) is 0.628. The normalized spacial score (nSPS) is 14.1. The summed E-state index contributed by atoms with van der Waals surface area (Å²) in [5.74, 6) is -1.33. The first-order valence-electron chi connectivity index (χ1n) is 3.58. The van der Waals surface area contributed by atoms with Crippen molar-refractivity contribution in [3.8, 4) is 0 Å². The number of hydrogen-bond donors (Lipinski definition) is 1.